The summed E-state index contributed by atoms with van der Waals surface area (Å²) in [5.74, 6) is 0.650. The fraction of sp³-hybridized carbons (Fsp3) is 0.647. The molecule has 3 heteroatoms. The van der Waals surface area contributed by atoms with Crippen molar-refractivity contribution in [2.45, 2.75) is 45.1 Å². The highest BCUT2D eigenvalue weighted by Gasteiger charge is 2.19. The molecule has 0 bridgehead atoms. The number of piperidine rings is 1. The van der Waals surface area contributed by atoms with Gasteiger partial charge in [-0.1, -0.05) is 31.9 Å². The van der Waals surface area contributed by atoms with Gasteiger partial charge >= 0.3 is 0 Å². The van der Waals surface area contributed by atoms with Crippen LogP contribution in [0.25, 0.3) is 0 Å². The predicted octanol–water partition coefficient (Wildman–Crippen LogP) is 3.76. The Morgan fingerprint density at radius 2 is 1.90 bits per heavy atom. The molecule has 1 fully saturated rings. The zero-order chi connectivity index (χ0) is 14.4. The Morgan fingerprint density at radius 3 is 2.50 bits per heavy atom. The lowest BCUT2D eigenvalue weighted by Crippen LogP contribution is -2.34. The van der Waals surface area contributed by atoms with E-state index in [2.05, 4.69) is 11.8 Å². The number of benzene rings is 1. The number of nitrogens with zero attached hydrogens (tertiary/aromatic N) is 1. The van der Waals surface area contributed by atoms with E-state index < -0.39 is 6.10 Å². The van der Waals surface area contributed by atoms with Gasteiger partial charge < -0.3 is 10.0 Å². The smallest absolute Gasteiger partial charge is 0.123 e. The molecule has 1 aliphatic rings. The molecular formula is C17H26FNO. The minimum Gasteiger partial charge on any atom is -0.388 e. The highest BCUT2D eigenvalue weighted by atomic mass is 19.1. The third-order valence-corrected chi connectivity index (χ3v) is 4.38. The van der Waals surface area contributed by atoms with Crippen LogP contribution in [0.3, 0.4) is 0 Å². The standard InChI is InChI=1S/C17H26FNO/c1-2-3-14-8-11-19(12-9-14)13-10-17(20)15-4-6-16(18)7-5-15/h4-7,14,17,20H,2-3,8-13H2,1H3. The summed E-state index contributed by atoms with van der Waals surface area (Å²) in [5, 5.41) is 10.1. The largest absolute Gasteiger partial charge is 0.388 e. The van der Waals surface area contributed by atoms with Gasteiger partial charge in [-0.3, -0.25) is 0 Å². The number of rotatable bonds is 6. The van der Waals surface area contributed by atoms with Crippen molar-refractivity contribution in [2.24, 2.45) is 5.92 Å². The predicted molar refractivity (Wildman–Crippen MR) is 80.0 cm³/mol. The van der Waals surface area contributed by atoms with Crippen molar-refractivity contribution in [3.8, 4) is 0 Å². The van der Waals surface area contributed by atoms with E-state index >= 15 is 0 Å². The lowest BCUT2D eigenvalue weighted by Gasteiger charge is -2.32. The van der Waals surface area contributed by atoms with E-state index in [1.165, 1.54) is 37.8 Å². The Labute approximate surface area is 121 Å². The molecule has 1 saturated heterocycles. The van der Waals surface area contributed by atoms with Gasteiger partial charge in [0.05, 0.1) is 6.10 Å². The van der Waals surface area contributed by atoms with Gasteiger partial charge in [0, 0.05) is 6.54 Å². The van der Waals surface area contributed by atoms with Gasteiger partial charge in [0.25, 0.3) is 0 Å². The number of aliphatic hydroxyl groups excluding tert-OH is 1. The number of halogens is 1. The quantitative estimate of drug-likeness (QED) is 0.857. The Bertz CT molecular complexity index is 384. The first-order valence-corrected chi connectivity index (χ1v) is 7.85. The summed E-state index contributed by atoms with van der Waals surface area (Å²) in [4.78, 5) is 2.44. The molecule has 112 valence electrons. The zero-order valence-electron chi connectivity index (χ0n) is 12.4. The molecule has 1 aromatic rings. The molecule has 1 N–H and O–H groups in total. The second-order valence-corrected chi connectivity index (χ2v) is 5.93. The van der Waals surface area contributed by atoms with Gasteiger partial charge in [0.2, 0.25) is 0 Å². The Morgan fingerprint density at radius 1 is 1.25 bits per heavy atom. The van der Waals surface area contributed by atoms with Gasteiger partial charge in [-0.05, 0) is 56.0 Å². The van der Waals surface area contributed by atoms with Gasteiger partial charge in [0.15, 0.2) is 0 Å². The lowest BCUT2D eigenvalue weighted by molar-refractivity contribution is 0.121. The van der Waals surface area contributed by atoms with Crippen LogP contribution >= 0.6 is 0 Å². The van der Waals surface area contributed by atoms with Crippen molar-refractivity contribution in [3.05, 3.63) is 35.6 Å². The normalized spacial score (nSPS) is 19.1. The van der Waals surface area contributed by atoms with Crippen LogP contribution in [0, 0.1) is 11.7 Å². The first kappa shape index (κ1) is 15.5. The van der Waals surface area contributed by atoms with E-state index in [4.69, 9.17) is 0 Å². The summed E-state index contributed by atoms with van der Waals surface area (Å²) in [6, 6.07) is 6.17. The van der Waals surface area contributed by atoms with E-state index in [0.29, 0.717) is 0 Å². The minimum absolute atomic E-state index is 0.251. The maximum Gasteiger partial charge on any atom is 0.123 e. The van der Waals surface area contributed by atoms with Crippen molar-refractivity contribution >= 4 is 0 Å². The van der Waals surface area contributed by atoms with E-state index in [1.807, 2.05) is 0 Å². The summed E-state index contributed by atoms with van der Waals surface area (Å²) in [7, 11) is 0. The van der Waals surface area contributed by atoms with Crippen molar-refractivity contribution in [1.29, 1.82) is 0 Å². The highest BCUT2D eigenvalue weighted by molar-refractivity contribution is 5.18. The molecule has 2 rings (SSSR count). The number of hydrogen-bond donors (Lipinski definition) is 1. The maximum absolute atomic E-state index is 12.8. The molecule has 0 saturated carbocycles. The average Bonchev–Trinajstić information content (AvgIpc) is 2.47. The molecule has 1 aliphatic heterocycles. The third kappa shape index (κ3) is 4.57. The highest BCUT2D eigenvalue weighted by Crippen LogP contribution is 2.23. The summed E-state index contributed by atoms with van der Waals surface area (Å²) < 4.78 is 12.8. The van der Waals surface area contributed by atoms with E-state index in [0.717, 1.165) is 37.5 Å². The van der Waals surface area contributed by atoms with E-state index in [-0.39, 0.29) is 5.82 Å². The molecule has 1 atom stereocenters. The fourth-order valence-corrected chi connectivity index (χ4v) is 3.06. The first-order chi connectivity index (χ1) is 9.69. The Hall–Kier alpha value is -0.930. The van der Waals surface area contributed by atoms with Crippen LogP contribution in [0.2, 0.25) is 0 Å². The summed E-state index contributed by atoms with van der Waals surface area (Å²) in [6.45, 7) is 5.49. The topological polar surface area (TPSA) is 23.5 Å². The monoisotopic (exact) mass is 279 g/mol. The molecule has 0 radical (unpaired) electrons. The second-order valence-electron chi connectivity index (χ2n) is 5.93. The van der Waals surface area contributed by atoms with Crippen LogP contribution in [0.5, 0.6) is 0 Å². The minimum atomic E-state index is -0.482. The number of hydrogen-bond acceptors (Lipinski definition) is 2. The molecule has 0 amide bonds. The zero-order valence-corrected chi connectivity index (χ0v) is 12.4. The average molecular weight is 279 g/mol. The third-order valence-electron chi connectivity index (χ3n) is 4.38. The molecule has 0 aliphatic carbocycles. The molecule has 0 aromatic heterocycles. The Balaban J connectivity index is 1.71. The van der Waals surface area contributed by atoms with Crippen LogP contribution in [-0.4, -0.2) is 29.6 Å². The van der Waals surface area contributed by atoms with Crippen LogP contribution in [0.15, 0.2) is 24.3 Å². The molecule has 1 unspecified atom stereocenters. The van der Waals surface area contributed by atoms with Crippen molar-refractivity contribution in [1.82, 2.24) is 4.90 Å². The SMILES string of the molecule is CCCC1CCN(CCC(O)c2ccc(F)cc2)CC1. The number of likely N-dealkylation sites (tertiary alicyclic amines) is 1. The molecular weight excluding hydrogens is 253 g/mol. The molecule has 0 spiro atoms. The Kier molecular flexibility index (Phi) is 5.99. The van der Waals surface area contributed by atoms with E-state index in [9.17, 15) is 9.50 Å². The van der Waals surface area contributed by atoms with Crippen molar-refractivity contribution in [3.63, 3.8) is 0 Å². The van der Waals surface area contributed by atoms with Crippen LogP contribution in [0.4, 0.5) is 4.39 Å². The van der Waals surface area contributed by atoms with Crippen LogP contribution in [0.1, 0.15) is 50.7 Å². The van der Waals surface area contributed by atoms with Gasteiger partial charge in [-0.25, -0.2) is 4.39 Å². The molecule has 1 aromatic carbocycles. The van der Waals surface area contributed by atoms with Crippen LogP contribution in [-0.2, 0) is 0 Å². The van der Waals surface area contributed by atoms with Gasteiger partial charge in [-0.15, -0.1) is 0 Å². The lowest BCUT2D eigenvalue weighted by atomic mass is 9.92. The first-order valence-electron chi connectivity index (χ1n) is 7.85. The van der Waals surface area contributed by atoms with Gasteiger partial charge in [-0.2, -0.15) is 0 Å². The molecule has 1 heterocycles. The summed E-state index contributed by atoms with van der Waals surface area (Å²) in [5.41, 5.74) is 0.812. The second kappa shape index (κ2) is 7.75. The molecule has 20 heavy (non-hydrogen) atoms. The molecule has 2 nitrogen and oxygen atoms in total. The maximum atomic E-state index is 12.8. The fourth-order valence-electron chi connectivity index (χ4n) is 3.06. The van der Waals surface area contributed by atoms with Gasteiger partial charge in [0.1, 0.15) is 5.82 Å². The summed E-state index contributed by atoms with van der Waals surface area (Å²) in [6.07, 6.45) is 5.47. The summed E-state index contributed by atoms with van der Waals surface area (Å²) >= 11 is 0. The van der Waals surface area contributed by atoms with Crippen LogP contribution < -0.4 is 0 Å². The van der Waals surface area contributed by atoms with Crippen molar-refractivity contribution < 1.29 is 9.50 Å². The van der Waals surface area contributed by atoms with Crippen molar-refractivity contribution in [2.75, 3.05) is 19.6 Å². The number of aliphatic hydroxyl groups is 1. The van der Waals surface area contributed by atoms with E-state index in [1.54, 1.807) is 12.1 Å².